The van der Waals surface area contributed by atoms with E-state index in [1.807, 2.05) is 11.8 Å². The van der Waals surface area contributed by atoms with Gasteiger partial charge in [0.15, 0.2) is 0 Å². The number of nitriles is 1. The number of aryl methyl sites for hydroxylation is 2. The fourth-order valence-corrected chi connectivity index (χ4v) is 2.21. The maximum atomic E-state index is 8.55. The van der Waals surface area contributed by atoms with E-state index < -0.39 is 0 Å². The van der Waals surface area contributed by atoms with Crippen LogP contribution in [0.4, 0.5) is 0 Å². The van der Waals surface area contributed by atoms with E-state index in [1.165, 1.54) is 24.4 Å². The van der Waals surface area contributed by atoms with Gasteiger partial charge < -0.3 is 0 Å². The van der Waals surface area contributed by atoms with E-state index in [9.17, 15) is 0 Å². The molecule has 1 heterocycles. The van der Waals surface area contributed by atoms with Crippen LogP contribution >= 0.6 is 11.8 Å². The summed E-state index contributed by atoms with van der Waals surface area (Å²) in [7, 11) is 0. The van der Waals surface area contributed by atoms with Crippen molar-refractivity contribution in [2.75, 3.05) is 12.0 Å². The second kappa shape index (κ2) is 7.34. The molecule has 1 aromatic rings. The first-order valence-electron chi connectivity index (χ1n) is 5.70. The highest BCUT2D eigenvalue weighted by atomic mass is 32.2. The Bertz CT molecular complexity index is 352. The Morgan fingerprint density at radius 1 is 1.50 bits per heavy atom. The molecule has 0 saturated heterocycles. The van der Waals surface area contributed by atoms with E-state index in [0.717, 1.165) is 13.1 Å². The summed E-state index contributed by atoms with van der Waals surface area (Å²) in [4.78, 5) is 0. The number of thioether (sulfide) groups is 1. The van der Waals surface area contributed by atoms with Gasteiger partial charge in [0.2, 0.25) is 0 Å². The minimum absolute atomic E-state index is 0.585. The zero-order valence-electron chi connectivity index (χ0n) is 10.1. The number of nitrogens with zero attached hydrogens (tertiary/aromatic N) is 3. The molecule has 0 fully saturated rings. The van der Waals surface area contributed by atoms with E-state index in [4.69, 9.17) is 5.26 Å². The Kier molecular flexibility index (Phi) is 6.02. The third-order valence-electron chi connectivity index (χ3n) is 2.72. The molecule has 0 spiro atoms. The summed E-state index contributed by atoms with van der Waals surface area (Å²) in [6.07, 6.45) is 9.43. The highest BCUT2D eigenvalue weighted by Gasteiger charge is 2.10. The minimum Gasteiger partial charge on any atom is -0.234 e. The monoisotopic (exact) mass is 238 g/mol. The lowest BCUT2D eigenvalue weighted by Crippen LogP contribution is -2.35. The Hall–Kier alpha value is -0.950. The molecule has 0 aliphatic rings. The second-order valence-corrected chi connectivity index (χ2v) is 4.83. The molecule has 0 aliphatic carbocycles. The molecule has 0 saturated carbocycles. The number of hydrogen-bond donors (Lipinski definition) is 0. The standard InChI is InChI=1S/C12H20N3S/c1-12-14(7-3-4-11-16-2)9-10-15(12)8-5-6-13/h9-10H,3-5,7-8,11H2,1-2H3/q+1. The molecule has 0 radical (unpaired) electrons. The Morgan fingerprint density at radius 3 is 3.00 bits per heavy atom. The number of rotatable bonds is 7. The van der Waals surface area contributed by atoms with Gasteiger partial charge >= 0.3 is 0 Å². The van der Waals surface area contributed by atoms with Crippen molar-refractivity contribution < 1.29 is 4.57 Å². The van der Waals surface area contributed by atoms with Crippen LogP contribution in [0.3, 0.4) is 0 Å². The van der Waals surface area contributed by atoms with E-state index in [0.29, 0.717) is 6.42 Å². The zero-order chi connectivity index (χ0) is 11.8. The molecular formula is C12H20N3S+. The molecule has 0 aromatic carbocycles. The minimum atomic E-state index is 0.585. The molecule has 1 aromatic heterocycles. The third-order valence-corrected chi connectivity index (χ3v) is 3.42. The lowest BCUT2D eigenvalue weighted by molar-refractivity contribution is -0.701. The zero-order valence-corrected chi connectivity index (χ0v) is 11.0. The molecule has 1 rings (SSSR count). The van der Waals surface area contributed by atoms with Gasteiger partial charge in [-0.15, -0.1) is 0 Å². The smallest absolute Gasteiger partial charge is 0.234 e. The highest BCUT2D eigenvalue weighted by molar-refractivity contribution is 7.98. The Morgan fingerprint density at radius 2 is 2.31 bits per heavy atom. The van der Waals surface area contributed by atoms with Crippen LogP contribution in [0.1, 0.15) is 25.1 Å². The van der Waals surface area contributed by atoms with Gasteiger partial charge in [0, 0.05) is 6.92 Å². The van der Waals surface area contributed by atoms with Crippen molar-refractivity contribution in [3.8, 4) is 6.07 Å². The van der Waals surface area contributed by atoms with Crippen LogP contribution in [0.5, 0.6) is 0 Å². The lowest BCUT2D eigenvalue weighted by atomic mass is 10.3. The normalized spacial score (nSPS) is 10.3. The van der Waals surface area contributed by atoms with Crippen LogP contribution in [0, 0.1) is 18.3 Å². The topological polar surface area (TPSA) is 32.6 Å². The van der Waals surface area contributed by atoms with Gasteiger partial charge in [0.1, 0.15) is 18.9 Å². The Labute approximate surface area is 102 Å². The van der Waals surface area contributed by atoms with Crippen LogP contribution in [-0.4, -0.2) is 16.6 Å². The predicted molar refractivity (Wildman–Crippen MR) is 67.2 cm³/mol. The molecule has 88 valence electrons. The maximum absolute atomic E-state index is 8.55. The van der Waals surface area contributed by atoms with Crippen molar-refractivity contribution >= 4 is 11.8 Å². The van der Waals surface area contributed by atoms with Gasteiger partial charge in [0.05, 0.1) is 19.0 Å². The molecule has 0 amide bonds. The molecule has 0 atom stereocenters. The van der Waals surface area contributed by atoms with Crippen LogP contribution in [0.15, 0.2) is 12.4 Å². The van der Waals surface area contributed by atoms with Crippen LogP contribution in [0.2, 0.25) is 0 Å². The molecule has 0 N–H and O–H groups in total. The largest absolute Gasteiger partial charge is 0.253 e. The van der Waals surface area contributed by atoms with Gasteiger partial charge in [-0.05, 0) is 24.9 Å². The first-order chi connectivity index (χ1) is 7.79. The van der Waals surface area contributed by atoms with Gasteiger partial charge in [-0.3, -0.25) is 0 Å². The van der Waals surface area contributed by atoms with Crippen LogP contribution in [0.25, 0.3) is 0 Å². The number of hydrogen-bond acceptors (Lipinski definition) is 2. The van der Waals surface area contributed by atoms with Gasteiger partial charge in [-0.1, -0.05) is 0 Å². The van der Waals surface area contributed by atoms with Crippen molar-refractivity contribution in [2.45, 2.75) is 39.3 Å². The van der Waals surface area contributed by atoms with E-state index in [-0.39, 0.29) is 0 Å². The molecular weight excluding hydrogens is 218 g/mol. The average Bonchev–Trinajstić information content (AvgIpc) is 2.64. The molecule has 0 unspecified atom stereocenters. The number of unbranched alkanes of at least 4 members (excludes halogenated alkanes) is 1. The van der Waals surface area contributed by atoms with Crippen molar-refractivity contribution in [2.24, 2.45) is 0 Å². The summed E-state index contributed by atoms with van der Waals surface area (Å²) in [5.74, 6) is 2.49. The van der Waals surface area contributed by atoms with Gasteiger partial charge in [-0.2, -0.15) is 17.0 Å². The molecule has 3 nitrogen and oxygen atoms in total. The van der Waals surface area contributed by atoms with Gasteiger partial charge in [-0.25, -0.2) is 9.13 Å². The first-order valence-corrected chi connectivity index (χ1v) is 7.10. The van der Waals surface area contributed by atoms with E-state index in [1.54, 1.807) is 0 Å². The van der Waals surface area contributed by atoms with Crippen molar-refractivity contribution in [3.05, 3.63) is 18.2 Å². The lowest BCUT2D eigenvalue weighted by Gasteiger charge is -2.00. The summed E-state index contributed by atoms with van der Waals surface area (Å²) in [6, 6.07) is 2.18. The second-order valence-electron chi connectivity index (χ2n) is 3.84. The quantitative estimate of drug-likeness (QED) is 0.538. The first kappa shape index (κ1) is 13.1. The number of aromatic nitrogens is 2. The SMILES string of the molecule is CSCCCCn1cc[n+](CCC#N)c1C. The molecule has 0 aliphatic heterocycles. The van der Waals surface area contributed by atoms with E-state index >= 15 is 0 Å². The van der Waals surface area contributed by atoms with Crippen LogP contribution in [-0.2, 0) is 13.1 Å². The summed E-state index contributed by atoms with van der Waals surface area (Å²) in [5.41, 5.74) is 0. The fourth-order valence-electron chi connectivity index (χ4n) is 1.71. The van der Waals surface area contributed by atoms with Gasteiger partial charge in [0.25, 0.3) is 5.82 Å². The summed E-state index contributed by atoms with van der Waals surface area (Å²) >= 11 is 1.91. The third kappa shape index (κ3) is 3.90. The summed E-state index contributed by atoms with van der Waals surface area (Å²) in [6.45, 7) is 4.01. The molecule has 0 bridgehead atoms. The summed E-state index contributed by atoms with van der Waals surface area (Å²) in [5, 5.41) is 8.55. The van der Waals surface area contributed by atoms with Crippen molar-refractivity contribution in [1.29, 1.82) is 5.26 Å². The van der Waals surface area contributed by atoms with Crippen molar-refractivity contribution in [1.82, 2.24) is 4.57 Å². The Balaban J connectivity index is 2.42. The van der Waals surface area contributed by atoms with Crippen molar-refractivity contribution in [3.63, 3.8) is 0 Å². The van der Waals surface area contributed by atoms with Crippen LogP contribution < -0.4 is 4.57 Å². The summed E-state index contributed by atoms with van der Waals surface area (Å²) < 4.78 is 4.43. The van der Waals surface area contributed by atoms with E-state index in [2.05, 4.69) is 40.8 Å². The average molecular weight is 238 g/mol. The molecule has 4 heteroatoms. The highest BCUT2D eigenvalue weighted by Crippen LogP contribution is 2.03. The number of imidazole rings is 1. The predicted octanol–water partition coefficient (Wildman–Crippen LogP) is 2.14. The molecule has 16 heavy (non-hydrogen) atoms. The fraction of sp³-hybridized carbons (Fsp3) is 0.667. The maximum Gasteiger partial charge on any atom is 0.253 e.